The van der Waals surface area contributed by atoms with Crippen LogP contribution >= 0.6 is 22.9 Å². The lowest BCUT2D eigenvalue weighted by molar-refractivity contribution is -0.380. The summed E-state index contributed by atoms with van der Waals surface area (Å²) in [7, 11) is 0. The average Bonchev–Trinajstić information content (AvgIpc) is 2.79. The molecule has 0 radical (unpaired) electrons. The maximum atomic E-state index is 12.9. The number of benzene rings is 1. The Hall–Kier alpha value is -1.66. The molecule has 1 heterocycles. The summed E-state index contributed by atoms with van der Waals surface area (Å²) < 4.78 is 12.9. The Morgan fingerprint density at radius 3 is 2.83 bits per heavy atom. The third kappa shape index (κ3) is 2.96. The number of hydrogen-bond donors (Lipinski definition) is 1. The molecular formula is C11H8ClFN2O2S. The molecule has 1 N–H and O–H groups in total. The van der Waals surface area contributed by atoms with Gasteiger partial charge in [0.1, 0.15) is 5.82 Å². The molecule has 0 aliphatic rings. The predicted octanol–water partition coefficient (Wildman–Crippen LogP) is 4.06. The van der Waals surface area contributed by atoms with Crippen molar-refractivity contribution in [1.82, 2.24) is 0 Å². The number of anilines is 1. The van der Waals surface area contributed by atoms with E-state index in [1.165, 1.54) is 18.2 Å². The number of rotatable bonds is 4. The van der Waals surface area contributed by atoms with Crippen LogP contribution in [0.25, 0.3) is 0 Å². The fraction of sp³-hybridized carbons (Fsp3) is 0.0909. The van der Waals surface area contributed by atoms with Crippen LogP contribution in [-0.4, -0.2) is 4.92 Å². The van der Waals surface area contributed by atoms with Gasteiger partial charge in [-0.2, -0.15) is 0 Å². The van der Waals surface area contributed by atoms with Gasteiger partial charge < -0.3 is 5.32 Å². The van der Waals surface area contributed by atoms with Crippen molar-refractivity contribution in [2.24, 2.45) is 0 Å². The second-order valence-electron chi connectivity index (χ2n) is 3.53. The molecule has 4 nitrogen and oxygen atoms in total. The summed E-state index contributed by atoms with van der Waals surface area (Å²) in [4.78, 5) is 10.1. The normalized spacial score (nSPS) is 10.3. The van der Waals surface area contributed by atoms with E-state index in [9.17, 15) is 14.5 Å². The minimum absolute atomic E-state index is 0.0382. The van der Waals surface area contributed by atoms with E-state index in [0.717, 1.165) is 16.9 Å². The molecule has 2 aromatic rings. The maximum absolute atomic E-state index is 12.9. The first kappa shape index (κ1) is 12.8. The number of nitrogens with zero attached hydrogens (tertiary/aromatic N) is 1. The Morgan fingerprint density at radius 2 is 2.22 bits per heavy atom. The first-order chi connectivity index (χ1) is 8.56. The smallest absolute Gasteiger partial charge is 0.324 e. The lowest BCUT2D eigenvalue weighted by Crippen LogP contribution is -1.98. The Morgan fingerprint density at radius 1 is 1.44 bits per heavy atom. The topological polar surface area (TPSA) is 55.2 Å². The highest BCUT2D eigenvalue weighted by molar-refractivity contribution is 7.13. The molecule has 0 aliphatic heterocycles. The molecule has 1 aromatic heterocycles. The lowest BCUT2D eigenvalue weighted by atomic mass is 10.3. The molecule has 0 unspecified atom stereocenters. The van der Waals surface area contributed by atoms with Gasteiger partial charge in [-0.25, -0.2) is 4.39 Å². The Bertz CT molecular complexity index is 588. The monoisotopic (exact) mass is 286 g/mol. The molecule has 94 valence electrons. The molecule has 0 saturated carbocycles. The minimum Gasteiger partial charge on any atom is -0.381 e. The van der Waals surface area contributed by atoms with Crippen LogP contribution in [0.5, 0.6) is 0 Å². The Balaban J connectivity index is 2.02. The van der Waals surface area contributed by atoms with Crippen LogP contribution in [0.1, 0.15) is 5.56 Å². The van der Waals surface area contributed by atoms with E-state index in [4.69, 9.17) is 11.6 Å². The highest BCUT2D eigenvalue weighted by Gasteiger charge is 2.09. The van der Waals surface area contributed by atoms with Gasteiger partial charge in [0.15, 0.2) is 0 Å². The number of nitro groups is 1. The predicted molar refractivity (Wildman–Crippen MR) is 69.7 cm³/mol. The summed E-state index contributed by atoms with van der Waals surface area (Å²) in [6.45, 7) is 0.423. The van der Waals surface area contributed by atoms with Crippen LogP contribution < -0.4 is 5.32 Å². The largest absolute Gasteiger partial charge is 0.381 e. The highest BCUT2D eigenvalue weighted by Crippen LogP contribution is 2.24. The molecule has 0 saturated heterocycles. The van der Waals surface area contributed by atoms with E-state index in [0.29, 0.717) is 12.2 Å². The minimum atomic E-state index is -0.478. The van der Waals surface area contributed by atoms with Gasteiger partial charge in [0.25, 0.3) is 0 Å². The van der Waals surface area contributed by atoms with Crippen molar-refractivity contribution in [2.75, 3.05) is 5.32 Å². The van der Waals surface area contributed by atoms with Crippen LogP contribution in [-0.2, 0) is 6.54 Å². The molecule has 1 aromatic carbocycles. The van der Waals surface area contributed by atoms with Crippen LogP contribution in [0.15, 0.2) is 29.6 Å². The van der Waals surface area contributed by atoms with Crippen molar-refractivity contribution in [2.45, 2.75) is 6.54 Å². The lowest BCUT2D eigenvalue weighted by Gasteiger charge is -2.05. The van der Waals surface area contributed by atoms with Crippen LogP contribution in [0.2, 0.25) is 5.02 Å². The number of halogens is 2. The molecule has 0 aliphatic carbocycles. The fourth-order valence-electron chi connectivity index (χ4n) is 1.36. The van der Waals surface area contributed by atoms with Crippen LogP contribution in [0.3, 0.4) is 0 Å². The average molecular weight is 287 g/mol. The third-order valence-electron chi connectivity index (χ3n) is 2.24. The zero-order valence-corrected chi connectivity index (χ0v) is 10.6. The summed E-state index contributed by atoms with van der Waals surface area (Å²) in [6, 6.07) is 5.79. The molecule has 0 atom stereocenters. The summed E-state index contributed by atoms with van der Waals surface area (Å²) >= 11 is 6.71. The van der Waals surface area contributed by atoms with E-state index >= 15 is 0 Å². The van der Waals surface area contributed by atoms with Gasteiger partial charge >= 0.3 is 5.00 Å². The third-order valence-corrected chi connectivity index (χ3v) is 3.45. The summed E-state index contributed by atoms with van der Waals surface area (Å²) in [5, 5.41) is 15.4. The van der Waals surface area contributed by atoms with E-state index in [2.05, 4.69) is 5.32 Å². The van der Waals surface area contributed by atoms with E-state index in [-0.39, 0.29) is 10.0 Å². The number of nitrogens with one attached hydrogen (secondary N) is 1. The number of thiophene rings is 1. The number of hydrogen-bond acceptors (Lipinski definition) is 4. The first-order valence-corrected chi connectivity index (χ1v) is 6.23. The molecule has 0 bridgehead atoms. The van der Waals surface area contributed by atoms with Crippen molar-refractivity contribution in [3.05, 3.63) is 56.2 Å². The van der Waals surface area contributed by atoms with Gasteiger partial charge in [0.2, 0.25) is 0 Å². The van der Waals surface area contributed by atoms with Crippen molar-refractivity contribution in [3.8, 4) is 0 Å². The summed E-state index contributed by atoms with van der Waals surface area (Å²) in [5.74, 6) is -0.478. The van der Waals surface area contributed by atoms with Gasteiger partial charge in [-0.05, 0) is 23.8 Å². The second-order valence-corrected chi connectivity index (χ2v) is 4.83. The van der Waals surface area contributed by atoms with E-state index in [1.807, 2.05) is 0 Å². The van der Waals surface area contributed by atoms with Crippen molar-refractivity contribution < 1.29 is 9.31 Å². The zero-order valence-electron chi connectivity index (χ0n) is 9.02. The van der Waals surface area contributed by atoms with Crippen LogP contribution in [0.4, 0.5) is 15.1 Å². The molecule has 18 heavy (non-hydrogen) atoms. The Labute approximate surface area is 111 Å². The molecular weight excluding hydrogens is 279 g/mol. The molecule has 0 fully saturated rings. The molecule has 0 amide bonds. The standard InChI is InChI=1S/C11H8ClFN2O2S/c12-9-4-8(1-2-10(9)13)14-5-7-3-11(15(16)17)18-6-7/h1-4,6,14H,5H2. The van der Waals surface area contributed by atoms with Gasteiger partial charge in [-0.15, -0.1) is 0 Å². The quantitative estimate of drug-likeness (QED) is 0.681. The zero-order chi connectivity index (χ0) is 13.1. The van der Waals surface area contributed by atoms with E-state index < -0.39 is 10.7 Å². The summed E-state index contributed by atoms with van der Waals surface area (Å²) in [5.41, 5.74) is 1.46. The summed E-state index contributed by atoms with van der Waals surface area (Å²) in [6.07, 6.45) is 0. The molecule has 7 heteroatoms. The van der Waals surface area contributed by atoms with E-state index in [1.54, 1.807) is 11.4 Å². The first-order valence-electron chi connectivity index (χ1n) is 4.97. The SMILES string of the molecule is O=[N+]([O-])c1cc(CNc2ccc(F)c(Cl)c2)cs1. The maximum Gasteiger partial charge on any atom is 0.324 e. The fourth-order valence-corrected chi connectivity index (χ4v) is 2.27. The second kappa shape index (κ2) is 5.32. The highest BCUT2D eigenvalue weighted by atomic mass is 35.5. The van der Waals surface area contributed by atoms with Gasteiger partial charge in [0, 0.05) is 23.7 Å². The van der Waals surface area contributed by atoms with Gasteiger partial charge in [-0.1, -0.05) is 22.9 Å². The van der Waals surface area contributed by atoms with Crippen molar-refractivity contribution in [3.63, 3.8) is 0 Å². The van der Waals surface area contributed by atoms with Crippen molar-refractivity contribution in [1.29, 1.82) is 0 Å². The molecule has 0 spiro atoms. The van der Waals surface area contributed by atoms with Crippen LogP contribution in [0, 0.1) is 15.9 Å². The van der Waals surface area contributed by atoms with Gasteiger partial charge in [-0.3, -0.25) is 10.1 Å². The van der Waals surface area contributed by atoms with Gasteiger partial charge in [0.05, 0.1) is 9.95 Å². The molecule has 2 rings (SSSR count). The Kier molecular flexibility index (Phi) is 3.78. The van der Waals surface area contributed by atoms with Crippen molar-refractivity contribution >= 4 is 33.6 Å².